The molecule has 1 amide bonds. The van der Waals surface area contributed by atoms with Gasteiger partial charge >= 0.3 is 0 Å². The second-order valence-corrected chi connectivity index (χ2v) is 5.67. The summed E-state index contributed by atoms with van der Waals surface area (Å²) in [6.45, 7) is 4.43. The van der Waals surface area contributed by atoms with E-state index in [2.05, 4.69) is 44.9 Å². The number of aryl methyl sites for hydroxylation is 1. The zero-order chi connectivity index (χ0) is 16.9. The summed E-state index contributed by atoms with van der Waals surface area (Å²) in [4.78, 5) is 16.3. The Balaban J connectivity index is 1.66. The number of pyridine rings is 1. The molecule has 0 aliphatic heterocycles. The Morgan fingerprint density at radius 2 is 2.00 bits per heavy atom. The Hall–Kier alpha value is -3.02. The Labute approximate surface area is 140 Å². The standard InChI is InChI=1S/C18H19N5O/c1-13-6-8-15(9-7-13)14(2)23-12-17(21-22-23)18(24)20-11-16-5-3-4-10-19-16/h3-10,12,14H,11H2,1-2H3,(H,20,24)/t14-/m1/s1. The number of carbonyl (C=O) groups is 1. The van der Waals surface area contributed by atoms with Gasteiger partial charge in [0.15, 0.2) is 5.69 Å². The summed E-state index contributed by atoms with van der Waals surface area (Å²) in [7, 11) is 0. The fraction of sp³-hybridized carbons (Fsp3) is 0.222. The molecule has 0 radical (unpaired) electrons. The number of hydrogen-bond acceptors (Lipinski definition) is 4. The molecule has 6 nitrogen and oxygen atoms in total. The number of benzene rings is 1. The van der Waals surface area contributed by atoms with Crippen LogP contribution in [0.4, 0.5) is 0 Å². The van der Waals surface area contributed by atoms with Crippen molar-refractivity contribution < 1.29 is 4.79 Å². The fourth-order valence-corrected chi connectivity index (χ4v) is 2.33. The van der Waals surface area contributed by atoms with Crippen LogP contribution in [0.5, 0.6) is 0 Å². The van der Waals surface area contributed by atoms with Crippen LogP contribution in [0.15, 0.2) is 54.9 Å². The van der Waals surface area contributed by atoms with E-state index in [-0.39, 0.29) is 11.9 Å². The van der Waals surface area contributed by atoms with E-state index in [4.69, 9.17) is 0 Å². The van der Waals surface area contributed by atoms with Crippen molar-refractivity contribution in [2.75, 3.05) is 0 Å². The number of rotatable bonds is 5. The molecule has 1 N–H and O–H groups in total. The second kappa shape index (κ2) is 7.04. The first-order valence-electron chi connectivity index (χ1n) is 7.80. The molecule has 6 heteroatoms. The predicted octanol–water partition coefficient (Wildman–Crippen LogP) is 2.52. The number of amides is 1. The minimum atomic E-state index is -0.261. The number of hydrogen-bond donors (Lipinski definition) is 1. The lowest BCUT2D eigenvalue weighted by atomic mass is 10.1. The maximum Gasteiger partial charge on any atom is 0.273 e. The molecule has 0 saturated carbocycles. The van der Waals surface area contributed by atoms with Crippen molar-refractivity contribution in [1.82, 2.24) is 25.3 Å². The van der Waals surface area contributed by atoms with Crippen LogP contribution < -0.4 is 5.32 Å². The molecule has 0 aliphatic rings. The molecule has 3 aromatic rings. The Kier molecular flexibility index (Phi) is 4.65. The molecule has 0 bridgehead atoms. The highest BCUT2D eigenvalue weighted by atomic mass is 16.2. The first-order valence-corrected chi connectivity index (χ1v) is 7.80. The van der Waals surface area contributed by atoms with E-state index in [1.165, 1.54) is 5.56 Å². The molecule has 0 fully saturated rings. The van der Waals surface area contributed by atoms with Gasteiger partial charge in [-0.2, -0.15) is 0 Å². The summed E-state index contributed by atoms with van der Waals surface area (Å²) in [5, 5.41) is 10.9. The first kappa shape index (κ1) is 15.9. The minimum absolute atomic E-state index is 0.00967. The zero-order valence-corrected chi connectivity index (χ0v) is 13.7. The highest BCUT2D eigenvalue weighted by Gasteiger charge is 2.14. The van der Waals surface area contributed by atoms with E-state index >= 15 is 0 Å². The van der Waals surface area contributed by atoms with Crippen LogP contribution in [0.3, 0.4) is 0 Å². The summed E-state index contributed by atoms with van der Waals surface area (Å²) in [6, 6.07) is 13.8. The van der Waals surface area contributed by atoms with Crippen molar-refractivity contribution in [2.24, 2.45) is 0 Å². The fourth-order valence-electron chi connectivity index (χ4n) is 2.33. The second-order valence-electron chi connectivity index (χ2n) is 5.67. The monoisotopic (exact) mass is 321 g/mol. The lowest BCUT2D eigenvalue weighted by Gasteiger charge is -2.11. The van der Waals surface area contributed by atoms with Crippen LogP contribution >= 0.6 is 0 Å². The topological polar surface area (TPSA) is 72.7 Å². The van der Waals surface area contributed by atoms with Crippen molar-refractivity contribution in [3.05, 3.63) is 77.4 Å². The van der Waals surface area contributed by atoms with Crippen LogP contribution in [0, 0.1) is 6.92 Å². The summed E-state index contributed by atoms with van der Waals surface area (Å²) in [5.41, 5.74) is 3.42. The van der Waals surface area contributed by atoms with Gasteiger partial charge in [0.1, 0.15) is 0 Å². The SMILES string of the molecule is Cc1ccc([C@@H](C)n2cc(C(=O)NCc3ccccn3)nn2)cc1. The largest absolute Gasteiger partial charge is 0.345 e. The van der Waals surface area contributed by atoms with Crippen LogP contribution in [0.1, 0.15) is 40.3 Å². The predicted molar refractivity (Wildman–Crippen MR) is 90.4 cm³/mol. The van der Waals surface area contributed by atoms with Crippen LogP contribution in [-0.4, -0.2) is 25.9 Å². The third-order valence-corrected chi connectivity index (χ3v) is 3.86. The Morgan fingerprint density at radius 1 is 1.21 bits per heavy atom. The maximum absolute atomic E-state index is 12.2. The third kappa shape index (κ3) is 3.65. The molecular formula is C18H19N5O. The Morgan fingerprint density at radius 3 is 2.71 bits per heavy atom. The van der Waals surface area contributed by atoms with Crippen LogP contribution in [-0.2, 0) is 6.54 Å². The van der Waals surface area contributed by atoms with E-state index in [0.717, 1.165) is 11.3 Å². The van der Waals surface area contributed by atoms with Gasteiger partial charge in [-0.05, 0) is 31.5 Å². The zero-order valence-electron chi connectivity index (χ0n) is 13.7. The van der Waals surface area contributed by atoms with E-state index in [1.54, 1.807) is 17.1 Å². The highest BCUT2D eigenvalue weighted by Crippen LogP contribution is 2.17. The van der Waals surface area contributed by atoms with Gasteiger partial charge < -0.3 is 5.32 Å². The van der Waals surface area contributed by atoms with E-state index in [9.17, 15) is 4.79 Å². The molecule has 0 spiro atoms. The van der Waals surface area contributed by atoms with Gasteiger partial charge in [-0.3, -0.25) is 9.78 Å². The number of carbonyl (C=O) groups excluding carboxylic acids is 1. The van der Waals surface area contributed by atoms with Gasteiger partial charge in [-0.25, -0.2) is 4.68 Å². The summed E-state index contributed by atoms with van der Waals surface area (Å²) in [6.07, 6.45) is 3.36. The van der Waals surface area contributed by atoms with Gasteiger partial charge in [0.2, 0.25) is 0 Å². The van der Waals surface area contributed by atoms with Crippen molar-refractivity contribution >= 4 is 5.91 Å². The van der Waals surface area contributed by atoms with Gasteiger partial charge in [0, 0.05) is 6.20 Å². The molecular weight excluding hydrogens is 302 g/mol. The third-order valence-electron chi connectivity index (χ3n) is 3.86. The van der Waals surface area contributed by atoms with E-state index < -0.39 is 0 Å². The van der Waals surface area contributed by atoms with Gasteiger partial charge in [0.25, 0.3) is 5.91 Å². The van der Waals surface area contributed by atoms with Crippen molar-refractivity contribution in [3.8, 4) is 0 Å². The molecule has 0 unspecified atom stereocenters. The maximum atomic E-state index is 12.2. The number of aromatic nitrogens is 4. The molecule has 3 rings (SSSR count). The van der Waals surface area contributed by atoms with Gasteiger partial charge in [0.05, 0.1) is 24.5 Å². The number of nitrogens with zero attached hydrogens (tertiary/aromatic N) is 4. The first-order chi connectivity index (χ1) is 11.6. The van der Waals surface area contributed by atoms with E-state index in [0.29, 0.717) is 12.2 Å². The summed E-state index contributed by atoms with van der Waals surface area (Å²) >= 11 is 0. The Bertz CT molecular complexity index is 811. The van der Waals surface area contributed by atoms with Crippen molar-refractivity contribution in [2.45, 2.75) is 26.4 Å². The normalized spacial score (nSPS) is 11.9. The van der Waals surface area contributed by atoms with Gasteiger partial charge in [-0.15, -0.1) is 5.10 Å². The molecule has 24 heavy (non-hydrogen) atoms. The van der Waals surface area contributed by atoms with Crippen molar-refractivity contribution in [3.63, 3.8) is 0 Å². The smallest absolute Gasteiger partial charge is 0.273 e. The average Bonchev–Trinajstić information content (AvgIpc) is 3.11. The molecule has 1 aromatic carbocycles. The molecule has 0 aliphatic carbocycles. The molecule has 2 aromatic heterocycles. The summed E-state index contributed by atoms with van der Waals surface area (Å²) < 4.78 is 1.69. The molecule has 0 saturated heterocycles. The summed E-state index contributed by atoms with van der Waals surface area (Å²) in [5.74, 6) is -0.261. The minimum Gasteiger partial charge on any atom is -0.345 e. The molecule has 2 heterocycles. The average molecular weight is 321 g/mol. The highest BCUT2D eigenvalue weighted by molar-refractivity contribution is 5.91. The number of nitrogens with one attached hydrogen (secondary N) is 1. The lowest BCUT2D eigenvalue weighted by Crippen LogP contribution is -2.23. The molecule has 122 valence electrons. The van der Waals surface area contributed by atoms with Crippen LogP contribution in [0.25, 0.3) is 0 Å². The quantitative estimate of drug-likeness (QED) is 0.784. The van der Waals surface area contributed by atoms with Gasteiger partial charge in [-0.1, -0.05) is 41.1 Å². The van der Waals surface area contributed by atoms with Crippen LogP contribution in [0.2, 0.25) is 0 Å². The van der Waals surface area contributed by atoms with Crippen molar-refractivity contribution in [1.29, 1.82) is 0 Å². The molecule has 1 atom stereocenters. The lowest BCUT2D eigenvalue weighted by molar-refractivity contribution is 0.0945. The van der Waals surface area contributed by atoms with E-state index in [1.807, 2.05) is 32.0 Å².